The van der Waals surface area contributed by atoms with E-state index in [0.717, 1.165) is 12.8 Å². The molecule has 0 saturated carbocycles. The lowest BCUT2D eigenvalue weighted by Gasteiger charge is -2.11. The van der Waals surface area contributed by atoms with Crippen LogP contribution in [-0.2, 0) is 9.53 Å². The van der Waals surface area contributed by atoms with E-state index in [-0.39, 0.29) is 24.4 Å². The molecule has 0 amide bonds. The van der Waals surface area contributed by atoms with E-state index in [4.69, 9.17) is 9.84 Å². The number of esters is 1. The van der Waals surface area contributed by atoms with Crippen molar-refractivity contribution in [3.63, 3.8) is 0 Å². The highest BCUT2D eigenvalue weighted by Crippen LogP contribution is 2.27. The number of carbonyl (C=O) groups is 1. The molecule has 15 heavy (non-hydrogen) atoms. The quantitative estimate of drug-likeness (QED) is 0.521. The van der Waals surface area contributed by atoms with Gasteiger partial charge in [-0.15, -0.1) is 0 Å². The van der Waals surface area contributed by atoms with Crippen molar-refractivity contribution in [2.75, 3.05) is 13.2 Å². The maximum atomic E-state index is 11.3. The fourth-order valence-corrected chi connectivity index (χ4v) is 2.11. The van der Waals surface area contributed by atoms with Gasteiger partial charge in [0.15, 0.2) is 0 Å². The smallest absolute Gasteiger partial charge is 0.309 e. The zero-order valence-corrected chi connectivity index (χ0v) is 9.58. The minimum absolute atomic E-state index is 0.0448. The molecule has 88 valence electrons. The van der Waals surface area contributed by atoms with Gasteiger partial charge in [0.05, 0.1) is 12.5 Å². The first kappa shape index (κ1) is 12.5. The van der Waals surface area contributed by atoms with Crippen LogP contribution >= 0.6 is 0 Å². The Morgan fingerprint density at radius 1 is 1.33 bits per heavy atom. The Bertz CT molecular complexity index is 191. The monoisotopic (exact) mass is 214 g/mol. The third kappa shape index (κ3) is 3.82. The summed E-state index contributed by atoms with van der Waals surface area (Å²) in [5.41, 5.74) is 0. The molecule has 0 unspecified atom stereocenters. The lowest BCUT2D eigenvalue weighted by atomic mass is 9.90. The number of hydrogen-bond donors (Lipinski definition) is 1. The highest BCUT2D eigenvalue weighted by atomic mass is 16.5. The van der Waals surface area contributed by atoms with E-state index >= 15 is 0 Å². The summed E-state index contributed by atoms with van der Waals surface area (Å²) in [5, 5.41) is 9.06. The first-order valence-corrected chi connectivity index (χ1v) is 6.07. The Balaban J connectivity index is 2.15. The SMILES string of the molecule is CCCCCCC[C@@H]1C(=O)OC[C@H]1CO. The van der Waals surface area contributed by atoms with Gasteiger partial charge in [0.25, 0.3) is 0 Å². The second kappa shape index (κ2) is 6.83. The molecule has 1 saturated heterocycles. The highest BCUT2D eigenvalue weighted by Gasteiger charge is 2.35. The predicted octanol–water partition coefficient (Wildman–Crippen LogP) is 2.13. The van der Waals surface area contributed by atoms with Gasteiger partial charge in [0.2, 0.25) is 0 Å². The molecule has 0 radical (unpaired) electrons. The van der Waals surface area contributed by atoms with Gasteiger partial charge >= 0.3 is 5.97 Å². The maximum absolute atomic E-state index is 11.3. The average molecular weight is 214 g/mol. The summed E-state index contributed by atoms with van der Waals surface area (Å²) < 4.78 is 4.95. The number of unbranched alkanes of at least 4 members (excludes halogenated alkanes) is 4. The summed E-state index contributed by atoms with van der Waals surface area (Å²) in [6.07, 6.45) is 6.92. The zero-order valence-electron chi connectivity index (χ0n) is 9.58. The number of aliphatic hydroxyl groups excluding tert-OH is 1. The fraction of sp³-hybridized carbons (Fsp3) is 0.917. The Morgan fingerprint density at radius 3 is 2.73 bits per heavy atom. The second-order valence-electron chi connectivity index (χ2n) is 4.38. The second-order valence-corrected chi connectivity index (χ2v) is 4.38. The van der Waals surface area contributed by atoms with Crippen LogP contribution < -0.4 is 0 Å². The number of cyclic esters (lactones) is 1. The predicted molar refractivity (Wildman–Crippen MR) is 58.4 cm³/mol. The first-order valence-electron chi connectivity index (χ1n) is 6.07. The van der Waals surface area contributed by atoms with Gasteiger partial charge in [-0.1, -0.05) is 39.0 Å². The first-order chi connectivity index (χ1) is 7.29. The zero-order chi connectivity index (χ0) is 11.1. The van der Waals surface area contributed by atoms with E-state index < -0.39 is 0 Å². The van der Waals surface area contributed by atoms with Crippen LogP contribution in [0.15, 0.2) is 0 Å². The summed E-state index contributed by atoms with van der Waals surface area (Å²) in [6, 6.07) is 0. The molecule has 2 atom stereocenters. The van der Waals surface area contributed by atoms with Crippen molar-refractivity contribution in [3.05, 3.63) is 0 Å². The van der Waals surface area contributed by atoms with Crippen molar-refractivity contribution in [3.8, 4) is 0 Å². The van der Waals surface area contributed by atoms with Gasteiger partial charge in [-0.25, -0.2) is 0 Å². The molecule has 0 aromatic rings. The minimum Gasteiger partial charge on any atom is -0.465 e. The van der Waals surface area contributed by atoms with Crippen molar-refractivity contribution in [2.45, 2.75) is 45.4 Å². The molecule has 1 aliphatic heterocycles. The molecule has 0 aromatic carbocycles. The molecule has 0 spiro atoms. The van der Waals surface area contributed by atoms with Gasteiger partial charge in [0, 0.05) is 12.5 Å². The van der Waals surface area contributed by atoms with Gasteiger partial charge in [-0.3, -0.25) is 4.79 Å². The maximum Gasteiger partial charge on any atom is 0.309 e. The minimum atomic E-state index is -0.107. The van der Waals surface area contributed by atoms with E-state index in [2.05, 4.69) is 6.92 Å². The number of hydrogen-bond acceptors (Lipinski definition) is 3. The van der Waals surface area contributed by atoms with Gasteiger partial charge < -0.3 is 9.84 Å². The third-order valence-corrected chi connectivity index (χ3v) is 3.16. The lowest BCUT2D eigenvalue weighted by Crippen LogP contribution is -2.18. The van der Waals surface area contributed by atoms with Crippen LogP contribution in [0.3, 0.4) is 0 Å². The molecule has 1 fully saturated rings. The van der Waals surface area contributed by atoms with Crippen molar-refractivity contribution in [1.82, 2.24) is 0 Å². The highest BCUT2D eigenvalue weighted by molar-refractivity contribution is 5.74. The Morgan fingerprint density at radius 2 is 2.07 bits per heavy atom. The van der Waals surface area contributed by atoms with Crippen LogP contribution in [0.1, 0.15) is 45.4 Å². The molecular formula is C12H22O3. The molecule has 1 N–H and O–H groups in total. The van der Waals surface area contributed by atoms with Crippen LogP contribution in [0.4, 0.5) is 0 Å². The summed E-state index contributed by atoms with van der Waals surface area (Å²) >= 11 is 0. The van der Waals surface area contributed by atoms with E-state index in [1.54, 1.807) is 0 Å². The number of ether oxygens (including phenoxy) is 1. The molecule has 1 heterocycles. The average Bonchev–Trinajstić information content (AvgIpc) is 2.60. The van der Waals surface area contributed by atoms with Crippen molar-refractivity contribution in [2.24, 2.45) is 11.8 Å². The summed E-state index contributed by atoms with van der Waals surface area (Å²) in [7, 11) is 0. The molecule has 1 rings (SSSR count). The topological polar surface area (TPSA) is 46.5 Å². The molecule has 0 aromatic heterocycles. The van der Waals surface area contributed by atoms with Crippen molar-refractivity contribution < 1.29 is 14.6 Å². The Kier molecular flexibility index (Phi) is 5.69. The van der Waals surface area contributed by atoms with Crippen LogP contribution in [-0.4, -0.2) is 24.3 Å². The molecule has 3 heteroatoms. The number of carbonyl (C=O) groups excluding carboxylic acids is 1. The van der Waals surface area contributed by atoms with E-state index in [1.165, 1.54) is 25.7 Å². The van der Waals surface area contributed by atoms with Crippen LogP contribution in [0, 0.1) is 11.8 Å². The number of aliphatic hydroxyl groups is 1. The Labute approximate surface area is 91.8 Å². The van der Waals surface area contributed by atoms with Crippen molar-refractivity contribution >= 4 is 5.97 Å². The van der Waals surface area contributed by atoms with Crippen molar-refractivity contribution in [1.29, 1.82) is 0 Å². The molecule has 3 nitrogen and oxygen atoms in total. The van der Waals surface area contributed by atoms with E-state index in [9.17, 15) is 4.79 Å². The van der Waals surface area contributed by atoms with Gasteiger partial charge in [-0.2, -0.15) is 0 Å². The van der Waals surface area contributed by atoms with Crippen LogP contribution in [0.25, 0.3) is 0 Å². The molecular weight excluding hydrogens is 192 g/mol. The summed E-state index contributed by atoms with van der Waals surface area (Å²) in [5.74, 6) is -0.107. The third-order valence-electron chi connectivity index (χ3n) is 3.16. The van der Waals surface area contributed by atoms with Crippen LogP contribution in [0.5, 0.6) is 0 Å². The van der Waals surface area contributed by atoms with Crippen LogP contribution in [0.2, 0.25) is 0 Å². The molecule has 0 bridgehead atoms. The summed E-state index contributed by atoms with van der Waals surface area (Å²) in [4.78, 5) is 11.3. The van der Waals surface area contributed by atoms with Gasteiger partial charge in [0.1, 0.15) is 0 Å². The lowest BCUT2D eigenvalue weighted by molar-refractivity contribution is -0.141. The standard InChI is InChI=1S/C12H22O3/c1-2-3-4-5-6-7-11-10(8-13)9-15-12(11)14/h10-11,13H,2-9H2,1H3/t10-,11+/m1/s1. The normalized spacial score (nSPS) is 25.6. The summed E-state index contributed by atoms with van der Waals surface area (Å²) in [6.45, 7) is 2.68. The molecule has 1 aliphatic rings. The Hall–Kier alpha value is -0.570. The van der Waals surface area contributed by atoms with E-state index in [0.29, 0.717) is 6.61 Å². The number of rotatable bonds is 7. The molecule has 0 aliphatic carbocycles. The van der Waals surface area contributed by atoms with Gasteiger partial charge in [-0.05, 0) is 6.42 Å². The largest absolute Gasteiger partial charge is 0.465 e. The fourth-order valence-electron chi connectivity index (χ4n) is 2.11. The van der Waals surface area contributed by atoms with E-state index in [1.807, 2.05) is 0 Å².